The number of piperazine rings is 1. The van der Waals surface area contributed by atoms with Crippen LogP contribution < -0.4 is 31.9 Å². The molecule has 10 rings (SSSR count). The van der Waals surface area contributed by atoms with Gasteiger partial charge in [-0.2, -0.15) is 8.78 Å². The van der Waals surface area contributed by atoms with E-state index in [-0.39, 0.29) is 109 Å². The molecule has 30 heteroatoms. The molecular formula is C60H70F4N11O13PS. The maximum atomic E-state index is 14.8. The number of rotatable bonds is 19. The minimum absolute atomic E-state index is 0.00203. The predicted octanol–water partition coefficient (Wildman–Crippen LogP) is 2.77. The van der Waals surface area contributed by atoms with Gasteiger partial charge in [0.2, 0.25) is 41.4 Å². The fourth-order valence-corrected chi connectivity index (χ4v) is 14.1. The van der Waals surface area contributed by atoms with E-state index in [1.807, 2.05) is 49.9 Å². The molecule has 10 amide bonds. The van der Waals surface area contributed by atoms with Crippen molar-refractivity contribution in [2.75, 3.05) is 63.8 Å². The van der Waals surface area contributed by atoms with Crippen LogP contribution in [0.1, 0.15) is 113 Å². The van der Waals surface area contributed by atoms with Gasteiger partial charge in [-0.3, -0.25) is 72.5 Å². The minimum Gasteiger partial charge on any atom is -0.370 e. The zero-order valence-electron chi connectivity index (χ0n) is 49.5. The van der Waals surface area contributed by atoms with E-state index in [1.165, 1.54) is 15.9 Å². The molecule has 482 valence electrons. The topological polar surface area (TPSA) is 322 Å². The van der Waals surface area contributed by atoms with Crippen molar-refractivity contribution >= 4 is 93.8 Å². The summed E-state index contributed by atoms with van der Waals surface area (Å²) in [6, 6.07) is 9.26. The van der Waals surface area contributed by atoms with Crippen molar-refractivity contribution in [1.82, 2.24) is 45.8 Å². The summed E-state index contributed by atoms with van der Waals surface area (Å²) in [5.41, 5.74) is 2.59. The SMILES string of the molecule is CC(C)(C)c1ccc(CC(NC(=O)C(CCC(N)=O)NC(=O)[C@@H]2CC[C@@H]3CCN(CC(F)F)C[C@H](NC(=O)c4cc5cc(C(F)(F)P(=O)(O)O)ccc5s4)C(=O)N32)C(=O)N2CCN(C3CN(c4ccc5c(c4)C(=O)N(C4CCC(=O)NC4=O)C5=O)C3)CC2)cc1. The molecule has 0 saturated carbocycles. The monoisotopic (exact) mass is 1290 g/mol. The van der Waals surface area contributed by atoms with Crippen LogP contribution in [0.25, 0.3) is 10.1 Å². The second-order valence-electron chi connectivity index (χ2n) is 24.8. The Bertz CT molecular complexity index is 3590. The number of hydrogen-bond acceptors (Lipinski definition) is 15. The molecule has 3 unspecified atom stereocenters. The van der Waals surface area contributed by atoms with Crippen molar-refractivity contribution in [1.29, 1.82) is 0 Å². The number of amides is 10. The molecule has 6 atom stereocenters. The number of piperidine rings is 1. The van der Waals surface area contributed by atoms with Crippen LogP contribution in [0.5, 0.6) is 0 Å². The summed E-state index contributed by atoms with van der Waals surface area (Å²) in [5, 5.41) is 10.4. The summed E-state index contributed by atoms with van der Waals surface area (Å²) in [6.45, 7) is 7.60. The number of alkyl halides is 4. The normalized spacial score (nSPS) is 22.2. The quantitative estimate of drug-likeness (QED) is 0.0403. The van der Waals surface area contributed by atoms with E-state index in [1.54, 1.807) is 23.1 Å². The van der Waals surface area contributed by atoms with Crippen LogP contribution in [0.2, 0.25) is 0 Å². The fourth-order valence-electron chi connectivity index (χ4n) is 12.7. The molecule has 0 aliphatic carbocycles. The van der Waals surface area contributed by atoms with E-state index in [0.29, 0.717) is 37.4 Å². The van der Waals surface area contributed by atoms with Crippen molar-refractivity contribution in [2.24, 2.45) is 5.73 Å². The Morgan fingerprint density at radius 2 is 1.48 bits per heavy atom. The maximum Gasteiger partial charge on any atom is 0.399 e. The second kappa shape index (κ2) is 25.9. The van der Waals surface area contributed by atoms with E-state index in [0.717, 1.165) is 40.0 Å². The highest BCUT2D eigenvalue weighted by molar-refractivity contribution is 7.52. The Labute approximate surface area is 518 Å². The van der Waals surface area contributed by atoms with Gasteiger partial charge in [0.1, 0.15) is 30.2 Å². The summed E-state index contributed by atoms with van der Waals surface area (Å²) in [4.78, 5) is 164. The van der Waals surface area contributed by atoms with Crippen LogP contribution in [-0.4, -0.2) is 201 Å². The standard InChI is InChI=1S/C60H70F4N11O13PS/c1-59(2,3)34-6-4-32(5-7-34)24-42(57(84)72-22-20-71(21-23-72)38-28-73(29-38)37-9-11-39-40(27-37)56(83)75(55(39)82)45-14-17-50(77)69-53(45)80)67-51(78)41(12-16-49(65)76)66-52(79)44-13-10-36-18-19-70(31-48(61)62)30-43(58(85)74(36)44)68-54(81)47-26-33-25-35(8-15-46(33)90-47)60(63,64)89(86,87)88/h4-9,11,15,25-27,36,38,41-45,48H,10,12-14,16-24,28-31H2,1-3H3,(H2,65,76)(H,66,79)(H,67,78)(H,68,81)(H,69,77,80)(H2,86,87,88)/t36-,41?,42?,43+,44+,45?/m1/s1. The van der Waals surface area contributed by atoms with Gasteiger partial charge in [-0.25, -0.2) is 8.78 Å². The van der Waals surface area contributed by atoms with E-state index < -0.39 is 134 Å². The average molecular weight is 1290 g/mol. The van der Waals surface area contributed by atoms with Crippen LogP contribution in [0.15, 0.2) is 66.7 Å². The number of nitrogens with two attached hydrogens (primary N) is 1. The number of thiophene rings is 1. The Hall–Kier alpha value is -7.69. The van der Waals surface area contributed by atoms with E-state index in [2.05, 4.69) is 26.2 Å². The Balaban J connectivity index is 0.815. The van der Waals surface area contributed by atoms with Crippen molar-refractivity contribution < 1.29 is 79.9 Å². The summed E-state index contributed by atoms with van der Waals surface area (Å²) in [7, 11) is -5.94. The molecule has 24 nitrogen and oxygen atoms in total. The van der Waals surface area contributed by atoms with Crippen LogP contribution in [0.3, 0.4) is 0 Å². The Morgan fingerprint density at radius 3 is 2.13 bits per heavy atom. The lowest BCUT2D eigenvalue weighted by Crippen LogP contribution is -2.65. The number of nitrogens with zero attached hydrogens (tertiary/aromatic N) is 6. The number of anilines is 1. The molecule has 0 spiro atoms. The van der Waals surface area contributed by atoms with Crippen LogP contribution >= 0.6 is 18.9 Å². The highest BCUT2D eigenvalue weighted by Gasteiger charge is 2.51. The number of imide groups is 2. The van der Waals surface area contributed by atoms with Crippen molar-refractivity contribution in [3.05, 3.63) is 99.4 Å². The third-order valence-corrected chi connectivity index (χ3v) is 19.8. The summed E-state index contributed by atoms with van der Waals surface area (Å²) in [6.07, 6.45) is -3.06. The molecule has 5 fully saturated rings. The van der Waals surface area contributed by atoms with Crippen molar-refractivity contribution in [2.45, 2.75) is 132 Å². The lowest BCUT2D eigenvalue weighted by atomic mass is 9.86. The summed E-state index contributed by atoms with van der Waals surface area (Å²) >= 11 is 0.809. The van der Waals surface area contributed by atoms with Crippen LogP contribution in [0.4, 0.5) is 23.2 Å². The van der Waals surface area contributed by atoms with Gasteiger partial charge in [-0.1, -0.05) is 51.1 Å². The number of carbonyl (C=O) groups excluding carboxylic acids is 10. The first-order valence-corrected chi connectivity index (χ1v) is 32.1. The summed E-state index contributed by atoms with van der Waals surface area (Å²) < 4.78 is 69.1. The zero-order valence-corrected chi connectivity index (χ0v) is 51.2. The number of hydrogen-bond donors (Lipinski definition) is 7. The zero-order chi connectivity index (χ0) is 64.9. The fraction of sp³-hybridized carbons (Fsp3) is 0.500. The molecule has 90 heavy (non-hydrogen) atoms. The molecule has 8 N–H and O–H groups in total. The van der Waals surface area contributed by atoms with Crippen LogP contribution in [-0.2, 0) is 55.6 Å². The molecule has 6 aliphatic rings. The molecule has 3 aromatic carbocycles. The first kappa shape index (κ1) is 65.3. The molecular weight excluding hydrogens is 1220 g/mol. The number of fused-ring (bicyclic) bond motifs is 3. The molecule has 0 bridgehead atoms. The molecule has 4 aromatic rings. The lowest BCUT2D eigenvalue weighted by molar-refractivity contribution is -0.144. The highest BCUT2D eigenvalue weighted by atomic mass is 32.1. The lowest BCUT2D eigenvalue weighted by Gasteiger charge is -2.49. The molecule has 0 radical (unpaired) electrons. The van der Waals surface area contributed by atoms with Gasteiger partial charge in [0.15, 0.2) is 0 Å². The minimum atomic E-state index is -5.94. The number of benzene rings is 3. The van der Waals surface area contributed by atoms with Gasteiger partial charge < -0.3 is 46.2 Å². The number of halogens is 4. The van der Waals surface area contributed by atoms with Gasteiger partial charge >= 0.3 is 13.3 Å². The molecule has 5 saturated heterocycles. The van der Waals surface area contributed by atoms with E-state index in [4.69, 9.17) is 5.73 Å². The van der Waals surface area contributed by atoms with Crippen LogP contribution in [0, 0.1) is 0 Å². The first-order valence-electron chi connectivity index (χ1n) is 29.7. The van der Waals surface area contributed by atoms with Crippen molar-refractivity contribution in [3.63, 3.8) is 0 Å². The molecule has 6 aliphatic heterocycles. The largest absolute Gasteiger partial charge is 0.399 e. The predicted molar refractivity (Wildman–Crippen MR) is 318 cm³/mol. The van der Waals surface area contributed by atoms with Gasteiger partial charge in [0.25, 0.3) is 24.1 Å². The Morgan fingerprint density at radius 1 is 0.789 bits per heavy atom. The Kier molecular flexibility index (Phi) is 18.8. The number of nitrogens with one attached hydrogen (secondary N) is 4. The van der Waals surface area contributed by atoms with Gasteiger partial charge in [0.05, 0.1) is 22.5 Å². The van der Waals surface area contributed by atoms with E-state index >= 15 is 0 Å². The second-order valence-corrected chi connectivity index (χ2v) is 27.5. The third kappa shape index (κ3) is 13.8. The van der Waals surface area contributed by atoms with Gasteiger partial charge in [-0.05, 0) is 90.4 Å². The summed E-state index contributed by atoms with van der Waals surface area (Å²) in [5.74, 6) is -6.97. The van der Waals surface area contributed by atoms with Gasteiger partial charge in [-0.15, -0.1) is 11.3 Å². The average Bonchev–Trinajstić information content (AvgIpc) is 1.58. The van der Waals surface area contributed by atoms with Crippen molar-refractivity contribution in [3.8, 4) is 0 Å². The van der Waals surface area contributed by atoms with E-state index in [9.17, 15) is 79.9 Å². The molecule has 7 heterocycles. The number of primary amides is 1. The smallest absolute Gasteiger partial charge is 0.370 e. The van der Waals surface area contributed by atoms with Gasteiger partial charge in [0, 0.05) is 99.7 Å². The number of carbonyl (C=O) groups is 10. The highest BCUT2D eigenvalue weighted by Crippen LogP contribution is 2.59. The third-order valence-electron chi connectivity index (χ3n) is 17.7. The first-order chi connectivity index (χ1) is 42.4. The maximum absolute atomic E-state index is 14.8. The molecule has 1 aromatic heterocycles.